The number of anilines is 1. The fourth-order valence-corrected chi connectivity index (χ4v) is 5.79. The van der Waals surface area contributed by atoms with Crippen molar-refractivity contribution in [2.24, 2.45) is 0 Å². The highest BCUT2D eigenvalue weighted by Gasteiger charge is 2.28. The molecule has 5 rings (SSSR count). The van der Waals surface area contributed by atoms with Crippen molar-refractivity contribution < 1.29 is 17.6 Å². The van der Waals surface area contributed by atoms with E-state index in [-0.39, 0.29) is 28.4 Å². The van der Waals surface area contributed by atoms with E-state index in [2.05, 4.69) is 14.7 Å². The number of nitrogens with zero attached hydrogens (tertiary/aromatic N) is 4. The average molecular weight is 508 g/mol. The summed E-state index contributed by atoms with van der Waals surface area (Å²) < 4.78 is 43.8. The molecule has 1 N–H and O–H groups in total. The number of nitrogens with one attached hydrogen (secondary N) is 1. The lowest BCUT2D eigenvalue weighted by molar-refractivity contribution is -0.135. The van der Waals surface area contributed by atoms with Gasteiger partial charge in [-0.1, -0.05) is 24.3 Å². The summed E-state index contributed by atoms with van der Waals surface area (Å²) in [7, 11) is -3.75. The Kier molecular flexibility index (Phi) is 6.44. The summed E-state index contributed by atoms with van der Waals surface area (Å²) in [6, 6.07) is 14.5. The van der Waals surface area contributed by atoms with Gasteiger partial charge >= 0.3 is 0 Å². The van der Waals surface area contributed by atoms with Crippen LogP contribution in [0.5, 0.6) is 0 Å². The Labute approximate surface area is 208 Å². The molecule has 186 valence electrons. The van der Waals surface area contributed by atoms with Crippen LogP contribution in [0.3, 0.4) is 0 Å². The van der Waals surface area contributed by atoms with Crippen LogP contribution >= 0.6 is 0 Å². The van der Waals surface area contributed by atoms with Gasteiger partial charge in [-0.25, -0.2) is 22.8 Å². The third-order valence-corrected chi connectivity index (χ3v) is 8.13. The fraction of sp³-hybridized carbons (Fsp3) is 0.269. The number of likely N-dealkylation sites (tertiary alicyclic amines) is 1. The van der Waals surface area contributed by atoms with Crippen molar-refractivity contribution in [3.05, 3.63) is 84.7 Å². The van der Waals surface area contributed by atoms with Crippen molar-refractivity contribution in [3.63, 3.8) is 0 Å². The maximum atomic E-state index is 14.4. The Bertz CT molecular complexity index is 1480. The van der Waals surface area contributed by atoms with Crippen LogP contribution in [0, 0.1) is 5.82 Å². The van der Waals surface area contributed by atoms with Crippen LogP contribution in [0.15, 0.2) is 78.2 Å². The third kappa shape index (κ3) is 4.68. The van der Waals surface area contributed by atoms with Crippen molar-refractivity contribution in [1.29, 1.82) is 0 Å². The minimum Gasteiger partial charge on any atom is -0.341 e. The molecule has 8 nitrogen and oxygen atoms in total. The minimum absolute atomic E-state index is 0.0357. The topological polar surface area (TPSA) is 97.2 Å². The van der Waals surface area contributed by atoms with E-state index < -0.39 is 16.1 Å². The quantitative estimate of drug-likeness (QED) is 0.419. The van der Waals surface area contributed by atoms with Gasteiger partial charge in [-0.05, 0) is 61.6 Å². The number of carbonyl (C=O) groups excluding carboxylic acids is 1. The van der Waals surface area contributed by atoms with Gasteiger partial charge in [-0.3, -0.25) is 9.52 Å². The predicted octanol–water partition coefficient (Wildman–Crippen LogP) is 4.34. The zero-order valence-electron chi connectivity index (χ0n) is 19.7. The second kappa shape index (κ2) is 9.69. The highest BCUT2D eigenvalue weighted by molar-refractivity contribution is 7.92. The molecule has 1 aliphatic rings. The molecule has 0 bridgehead atoms. The third-order valence-electron chi connectivity index (χ3n) is 6.75. The summed E-state index contributed by atoms with van der Waals surface area (Å²) in [5, 5.41) is 0.769. The van der Waals surface area contributed by atoms with Gasteiger partial charge in [0.15, 0.2) is 0 Å². The van der Waals surface area contributed by atoms with E-state index in [9.17, 15) is 17.6 Å². The first-order valence-corrected chi connectivity index (χ1v) is 13.2. The molecule has 0 unspecified atom stereocenters. The van der Waals surface area contributed by atoms with E-state index in [4.69, 9.17) is 0 Å². The molecule has 1 atom stereocenters. The summed E-state index contributed by atoms with van der Waals surface area (Å²) in [4.78, 5) is 22.9. The number of hydrogen-bond donors (Lipinski definition) is 1. The number of fused-ring (bicyclic) bond motifs is 1. The maximum Gasteiger partial charge on any atom is 0.263 e. The van der Waals surface area contributed by atoms with Crippen LogP contribution in [0.2, 0.25) is 0 Å². The monoisotopic (exact) mass is 507 g/mol. The Morgan fingerprint density at radius 2 is 1.83 bits per heavy atom. The Morgan fingerprint density at radius 1 is 1.08 bits per heavy atom. The lowest BCUT2D eigenvalue weighted by Crippen LogP contribution is -2.41. The molecule has 0 radical (unpaired) electrons. The molecule has 2 aromatic heterocycles. The predicted molar refractivity (Wildman–Crippen MR) is 134 cm³/mol. The van der Waals surface area contributed by atoms with Crippen LogP contribution in [0.25, 0.3) is 10.9 Å². The van der Waals surface area contributed by atoms with E-state index in [0.717, 1.165) is 23.8 Å². The lowest BCUT2D eigenvalue weighted by atomic mass is 9.89. The Morgan fingerprint density at radius 3 is 2.53 bits per heavy atom. The summed E-state index contributed by atoms with van der Waals surface area (Å²) >= 11 is 0. The largest absolute Gasteiger partial charge is 0.341 e. The lowest BCUT2D eigenvalue weighted by Gasteiger charge is -2.34. The van der Waals surface area contributed by atoms with E-state index >= 15 is 0 Å². The second-order valence-corrected chi connectivity index (χ2v) is 10.6. The van der Waals surface area contributed by atoms with Gasteiger partial charge < -0.3 is 9.47 Å². The Hall–Kier alpha value is -3.79. The highest BCUT2D eigenvalue weighted by Crippen LogP contribution is 2.31. The normalized spacial score (nSPS) is 15.7. The summed E-state index contributed by atoms with van der Waals surface area (Å²) in [5.41, 5.74) is 1.48. The van der Waals surface area contributed by atoms with Crippen LogP contribution in [-0.2, 0) is 14.8 Å². The van der Waals surface area contributed by atoms with Crippen LogP contribution in [0.1, 0.15) is 37.3 Å². The van der Waals surface area contributed by atoms with E-state index in [1.165, 1.54) is 24.7 Å². The molecule has 1 aliphatic heterocycles. The van der Waals surface area contributed by atoms with E-state index in [1.807, 2.05) is 29.2 Å². The van der Waals surface area contributed by atoms with Crippen molar-refractivity contribution in [2.45, 2.75) is 36.6 Å². The van der Waals surface area contributed by atoms with Gasteiger partial charge in [0.1, 0.15) is 24.0 Å². The molecule has 0 saturated carbocycles. The first kappa shape index (κ1) is 23.9. The molecule has 1 saturated heterocycles. The van der Waals surface area contributed by atoms with Crippen LogP contribution in [0.4, 0.5) is 10.2 Å². The molecule has 4 aromatic rings. The van der Waals surface area contributed by atoms with Gasteiger partial charge in [-0.2, -0.15) is 0 Å². The maximum absolute atomic E-state index is 14.4. The summed E-state index contributed by atoms with van der Waals surface area (Å²) in [6.07, 6.45) is 6.04. The van der Waals surface area contributed by atoms with Gasteiger partial charge in [0.05, 0.1) is 10.4 Å². The number of sulfonamides is 1. The van der Waals surface area contributed by atoms with Crippen LogP contribution < -0.4 is 4.72 Å². The standard InChI is InChI=1S/C26H26FN5O3S/c1-18(32-16-12-21-3-2-4-23(27)25(21)32)26(33)31-14-10-20(11-15-31)19-5-7-22(8-6-19)36(34,35)30-24-9-13-28-17-29-24/h2-9,12-13,16-18,20H,10-11,14-15H2,1H3,(H,28,29,30)/t18-/m1/s1. The average Bonchev–Trinajstić information content (AvgIpc) is 3.34. The van der Waals surface area contributed by atoms with Gasteiger partial charge in [-0.15, -0.1) is 0 Å². The number of piperidine rings is 1. The molecule has 10 heteroatoms. The number of carbonyl (C=O) groups is 1. The van der Waals surface area contributed by atoms with Gasteiger partial charge in [0.25, 0.3) is 10.0 Å². The zero-order valence-corrected chi connectivity index (χ0v) is 20.5. The Balaban J connectivity index is 1.22. The molecular weight excluding hydrogens is 481 g/mol. The summed E-state index contributed by atoms with van der Waals surface area (Å²) in [6.45, 7) is 2.98. The second-order valence-electron chi connectivity index (χ2n) is 8.95. The molecule has 0 aliphatic carbocycles. The van der Waals surface area contributed by atoms with Crippen molar-refractivity contribution >= 4 is 32.7 Å². The van der Waals surface area contributed by atoms with Crippen molar-refractivity contribution in [2.75, 3.05) is 17.8 Å². The van der Waals surface area contributed by atoms with E-state index in [0.29, 0.717) is 18.6 Å². The molecule has 36 heavy (non-hydrogen) atoms. The minimum atomic E-state index is -3.75. The number of hydrogen-bond acceptors (Lipinski definition) is 5. The first-order valence-electron chi connectivity index (χ1n) is 11.8. The van der Waals surface area contributed by atoms with Crippen LogP contribution in [-0.4, -0.2) is 46.8 Å². The van der Waals surface area contributed by atoms with Crippen molar-refractivity contribution in [3.8, 4) is 0 Å². The first-order chi connectivity index (χ1) is 17.3. The number of aromatic nitrogens is 3. The van der Waals surface area contributed by atoms with Gasteiger partial charge in [0, 0.05) is 30.9 Å². The summed E-state index contributed by atoms with van der Waals surface area (Å²) in [5.74, 6) is 0.0526. The SMILES string of the molecule is C[C@H](C(=O)N1CCC(c2ccc(S(=O)(=O)Nc3ccncn3)cc2)CC1)n1ccc2cccc(F)c21. The molecule has 3 heterocycles. The number of amides is 1. The molecular formula is C26H26FN5O3S. The highest BCUT2D eigenvalue weighted by atomic mass is 32.2. The molecule has 1 amide bonds. The van der Waals surface area contributed by atoms with Gasteiger partial charge in [0.2, 0.25) is 5.91 Å². The molecule has 2 aromatic carbocycles. The fourth-order valence-electron chi connectivity index (χ4n) is 4.78. The molecule has 0 spiro atoms. The zero-order chi connectivity index (χ0) is 25.3. The molecule has 1 fully saturated rings. The number of para-hydroxylation sites is 1. The smallest absolute Gasteiger partial charge is 0.263 e. The number of rotatable bonds is 6. The number of halogens is 1. The van der Waals surface area contributed by atoms with Crippen molar-refractivity contribution in [1.82, 2.24) is 19.4 Å². The number of benzene rings is 2. The van der Waals surface area contributed by atoms with E-state index in [1.54, 1.807) is 35.9 Å².